The van der Waals surface area contributed by atoms with Crippen molar-refractivity contribution in [2.75, 3.05) is 20.5 Å². The molecule has 0 amide bonds. The van der Waals surface area contributed by atoms with Crippen molar-refractivity contribution in [3.05, 3.63) is 23.3 Å². The van der Waals surface area contributed by atoms with Crippen LogP contribution in [-0.4, -0.2) is 25.6 Å². The molecular formula is C14H20O3S. The average Bonchev–Trinajstić information content (AvgIpc) is 2.43. The molecule has 0 aliphatic carbocycles. The molecule has 0 spiro atoms. The predicted octanol–water partition coefficient (Wildman–Crippen LogP) is 3.55. The number of hydrogen-bond donors (Lipinski definition) is 0. The third-order valence-electron chi connectivity index (χ3n) is 2.81. The van der Waals surface area contributed by atoms with Crippen LogP contribution >= 0.6 is 11.8 Å². The summed E-state index contributed by atoms with van der Waals surface area (Å²) in [7, 11) is 3.19. The highest BCUT2D eigenvalue weighted by molar-refractivity contribution is 8.13. The van der Waals surface area contributed by atoms with Crippen molar-refractivity contribution >= 4 is 16.9 Å². The van der Waals surface area contributed by atoms with E-state index < -0.39 is 0 Å². The Labute approximate surface area is 113 Å². The fourth-order valence-corrected chi connectivity index (χ4v) is 2.21. The zero-order chi connectivity index (χ0) is 13.5. The molecule has 0 radical (unpaired) electrons. The highest BCUT2D eigenvalue weighted by Crippen LogP contribution is 2.32. The van der Waals surface area contributed by atoms with Crippen LogP contribution in [0.25, 0.3) is 0 Å². The Morgan fingerprint density at radius 2 is 1.83 bits per heavy atom. The molecule has 0 unspecified atom stereocenters. The number of benzene rings is 1. The molecule has 0 saturated heterocycles. The molecule has 1 aromatic rings. The van der Waals surface area contributed by atoms with E-state index in [9.17, 15) is 4.79 Å². The van der Waals surface area contributed by atoms with Crippen molar-refractivity contribution in [1.29, 1.82) is 0 Å². The van der Waals surface area contributed by atoms with Gasteiger partial charge in [-0.25, -0.2) is 0 Å². The molecule has 0 aliphatic heterocycles. The van der Waals surface area contributed by atoms with Gasteiger partial charge in [0, 0.05) is 5.56 Å². The molecular weight excluding hydrogens is 248 g/mol. The summed E-state index contributed by atoms with van der Waals surface area (Å²) < 4.78 is 10.5. The number of carbonyl (C=O) groups is 1. The Morgan fingerprint density at radius 3 is 2.33 bits per heavy atom. The molecule has 0 N–H and O–H groups in total. The summed E-state index contributed by atoms with van der Waals surface area (Å²) >= 11 is 1.22. The van der Waals surface area contributed by atoms with E-state index in [1.165, 1.54) is 11.8 Å². The van der Waals surface area contributed by atoms with E-state index in [1.807, 2.05) is 6.07 Å². The van der Waals surface area contributed by atoms with Gasteiger partial charge in [0.2, 0.25) is 5.12 Å². The van der Waals surface area contributed by atoms with Crippen molar-refractivity contribution in [1.82, 2.24) is 0 Å². The third-order valence-corrected chi connectivity index (χ3v) is 3.41. The van der Waals surface area contributed by atoms with Crippen LogP contribution in [0.15, 0.2) is 12.1 Å². The topological polar surface area (TPSA) is 35.5 Å². The van der Waals surface area contributed by atoms with Crippen LogP contribution in [0.2, 0.25) is 0 Å². The zero-order valence-corrected chi connectivity index (χ0v) is 12.2. The van der Waals surface area contributed by atoms with Gasteiger partial charge in [-0.2, -0.15) is 0 Å². The number of rotatable bonds is 6. The van der Waals surface area contributed by atoms with E-state index in [2.05, 4.69) is 6.92 Å². The smallest absolute Gasteiger partial charge is 0.219 e. The predicted molar refractivity (Wildman–Crippen MR) is 76.0 cm³/mol. The monoisotopic (exact) mass is 268 g/mol. The van der Waals surface area contributed by atoms with E-state index in [4.69, 9.17) is 9.47 Å². The SMILES string of the molecule is CCCCc1cc(OC)c(OC)cc1C(=O)SC. The summed E-state index contributed by atoms with van der Waals surface area (Å²) in [6.07, 6.45) is 4.84. The first-order valence-electron chi connectivity index (χ1n) is 6.01. The fraction of sp³-hybridized carbons (Fsp3) is 0.500. The maximum absolute atomic E-state index is 11.9. The van der Waals surface area contributed by atoms with Crippen LogP contribution in [0.4, 0.5) is 0 Å². The van der Waals surface area contributed by atoms with E-state index >= 15 is 0 Å². The first-order chi connectivity index (χ1) is 8.67. The number of thioether (sulfide) groups is 1. The van der Waals surface area contributed by atoms with Crippen molar-refractivity contribution in [3.63, 3.8) is 0 Å². The summed E-state index contributed by atoms with van der Waals surface area (Å²) in [6.45, 7) is 2.14. The van der Waals surface area contributed by atoms with Gasteiger partial charge in [0.1, 0.15) is 0 Å². The lowest BCUT2D eigenvalue weighted by Crippen LogP contribution is -2.03. The van der Waals surface area contributed by atoms with Crippen LogP contribution in [0.1, 0.15) is 35.7 Å². The zero-order valence-electron chi connectivity index (χ0n) is 11.4. The van der Waals surface area contributed by atoms with E-state index in [-0.39, 0.29) is 5.12 Å². The lowest BCUT2D eigenvalue weighted by atomic mass is 10.0. The van der Waals surface area contributed by atoms with Crippen LogP contribution in [0, 0.1) is 0 Å². The average molecular weight is 268 g/mol. The van der Waals surface area contributed by atoms with Crippen molar-refractivity contribution < 1.29 is 14.3 Å². The van der Waals surface area contributed by atoms with Crippen LogP contribution in [-0.2, 0) is 6.42 Å². The number of methoxy groups -OCH3 is 2. The summed E-state index contributed by atoms with van der Waals surface area (Å²) in [5, 5.41) is 0.0713. The maximum Gasteiger partial charge on any atom is 0.219 e. The molecule has 3 nitrogen and oxygen atoms in total. The van der Waals surface area contributed by atoms with E-state index in [1.54, 1.807) is 26.5 Å². The number of aryl methyl sites for hydroxylation is 1. The first kappa shape index (κ1) is 14.9. The van der Waals surface area contributed by atoms with Crippen molar-refractivity contribution in [2.45, 2.75) is 26.2 Å². The van der Waals surface area contributed by atoms with Gasteiger partial charge in [-0.1, -0.05) is 25.1 Å². The molecule has 0 bridgehead atoms. The Balaban J connectivity index is 3.22. The van der Waals surface area contributed by atoms with Crippen LogP contribution in [0.3, 0.4) is 0 Å². The molecule has 0 aliphatic rings. The molecule has 0 atom stereocenters. The summed E-state index contributed by atoms with van der Waals surface area (Å²) in [5.74, 6) is 1.29. The molecule has 0 heterocycles. The largest absolute Gasteiger partial charge is 0.493 e. The molecule has 1 rings (SSSR count). The van der Waals surface area contributed by atoms with Crippen LogP contribution in [0.5, 0.6) is 11.5 Å². The van der Waals surface area contributed by atoms with Gasteiger partial charge < -0.3 is 9.47 Å². The number of ether oxygens (including phenoxy) is 2. The number of carbonyl (C=O) groups excluding carboxylic acids is 1. The van der Waals surface area contributed by atoms with Gasteiger partial charge in [-0.15, -0.1) is 0 Å². The normalized spacial score (nSPS) is 10.2. The highest BCUT2D eigenvalue weighted by atomic mass is 32.2. The second kappa shape index (κ2) is 7.31. The van der Waals surface area contributed by atoms with Gasteiger partial charge in [-0.3, -0.25) is 4.79 Å². The Hall–Kier alpha value is -1.16. The van der Waals surface area contributed by atoms with Crippen molar-refractivity contribution in [2.24, 2.45) is 0 Å². The quantitative estimate of drug-likeness (QED) is 0.790. The van der Waals surface area contributed by atoms with E-state index in [0.717, 1.165) is 30.4 Å². The van der Waals surface area contributed by atoms with Gasteiger partial charge in [-0.05, 0) is 36.8 Å². The fourth-order valence-electron chi connectivity index (χ4n) is 1.80. The number of hydrogen-bond acceptors (Lipinski definition) is 4. The minimum atomic E-state index is 0.0713. The first-order valence-corrected chi connectivity index (χ1v) is 7.23. The molecule has 0 aromatic heterocycles. The molecule has 1 aromatic carbocycles. The second-order valence-electron chi connectivity index (χ2n) is 3.96. The molecule has 0 fully saturated rings. The summed E-state index contributed by atoms with van der Waals surface area (Å²) in [6, 6.07) is 3.70. The lowest BCUT2D eigenvalue weighted by Gasteiger charge is -2.13. The molecule has 18 heavy (non-hydrogen) atoms. The summed E-state index contributed by atoms with van der Waals surface area (Å²) in [5.41, 5.74) is 1.77. The van der Waals surface area contributed by atoms with Crippen LogP contribution < -0.4 is 9.47 Å². The Bertz CT molecular complexity index is 416. The number of unbranched alkanes of at least 4 members (excludes halogenated alkanes) is 1. The van der Waals surface area contributed by atoms with Gasteiger partial charge in [0.15, 0.2) is 11.5 Å². The van der Waals surface area contributed by atoms with E-state index in [0.29, 0.717) is 11.5 Å². The molecule has 0 saturated carbocycles. The minimum Gasteiger partial charge on any atom is -0.493 e. The lowest BCUT2D eigenvalue weighted by molar-refractivity contribution is 0.108. The van der Waals surface area contributed by atoms with Crippen molar-refractivity contribution in [3.8, 4) is 11.5 Å². The molecule has 4 heteroatoms. The standard InChI is InChI=1S/C14H20O3S/c1-5-6-7-10-8-12(16-2)13(17-3)9-11(10)14(15)18-4/h8-9H,5-7H2,1-4H3. The maximum atomic E-state index is 11.9. The minimum absolute atomic E-state index is 0.0713. The third kappa shape index (κ3) is 3.42. The highest BCUT2D eigenvalue weighted by Gasteiger charge is 2.15. The summed E-state index contributed by atoms with van der Waals surface area (Å²) in [4.78, 5) is 11.9. The Morgan fingerprint density at radius 1 is 1.22 bits per heavy atom. The van der Waals surface area contributed by atoms with Gasteiger partial charge in [0.25, 0.3) is 0 Å². The second-order valence-corrected chi connectivity index (χ2v) is 4.74. The van der Waals surface area contributed by atoms with Gasteiger partial charge >= 0.3 is 0 Å². The molecule has 100 valence electrons. The Kier molecular flexibility index (Phi) is 6.05. The van der Waals surface area contributed by atoms with Gasteiger partial charge in [0.05, 0.1) is 14.2 Å².